The number of rotatable bonds is 4. The van der Waals surface area contributed by atoms with E-state index in [1.165, 1.54) is 32.3 Å². The van der Waals surface area contributed by atoms with Crippen molar-refractivity contribution in [1.82, 2.24) is 0 Å². The van der Waals surface area contributed by atoms with Crippen LogP contribution in [0.1, 0.15) is 31.8 Å². The predicted molar refractivity (Wildman–Crippen MR) is 115 cm³/mol. The Balaban J connectivity index is 0.000000186. The van der Waals surface area contributed by atoms with Crippen molar-refractivity contribution in [2.45, 2.75) is 0 Å². The fourth-order valence-electron chi connectivity index (χ4n) is 3.14. The van der Waals surface area contributed by atoms with Gasteiger partial charge in [-0.1, -0.05) is 6.08 Å². The number of ether oxygens (including phenoxy) is 2. The van der Waals surface area contributed by atoms with Crippen LogP contribution in [-0.2, 0) is 0 Å². The van der Waals surface area contributed by atoms with Gasteiger partial charge >= 0.3 is 26.2 Å². The van der Waals surface area contributed by atoms with Crippen LogP contribution in [0.4, 0.5) is 4.39 Å². The van der Waals surface area contributed by atoms with E-state index < -0.39 is 31.9 Å². The molecule has 0 saturated carbocycles. The Morgan fingerprint density at radius 3 is 1.91 bits per heavy atom. The van der Waals surface area contributed by atoms with Crippen molar-refractivity contribution in [1.29, 1.82) is 0 Å². The average molecular weight is 458 g/mol. The van der Waals surface area contributed by atoms with Gasteiger partial charge in [-0.25, -0.2) is 14.0 Å². The molecule has 0 saturated heterocycles. The zero-order valence-corrected chi connectivity index (χ0v) is 17.3. The van der Waals surface area contributed by atoms with Crippen LogP contribution >= 0.6 is 0 Å². The zero-order chi connectivity index (χ0) is 24.3. The first-order valence-corrected chi connectivity index (χ1v) is 9.31. The SMILES string of the molecule is COc1ccc2c(c1C(=O)O)OB(O)C(F)=C2.COc1ccc2c(c1C(=O)O)OB(O)C=C2. The Morgan fingerprint density at radius 2 is 1.39 bits per heavy atom. The van der Waals surface area contributed by atoms with Crippen molar-refractivity contribution in [3.8, 4) is 23.0 Å². The molecule has 33 heavy (non-hydrogen) atoms. The first-order chi connectivity index (χ1) is 15.7. The van der Waals surface area contributed by atoms with Crippen LogP contribution in [0.15, 0.2) is 36.0 Å². The van der Waals surface area contributed by atoms with Crippen molar-refractivity contribution in [3.05, 3.63) is 58.2 Å². The maximum atomic E-state index is 13.1. The average Bonchev–Trinajstić information content (AvgIpc) is 2.78. The topological polar surface area (TPSA) is 152 Å². The van der Waals surface area contributed by atoms with Crippen LogP contribution in [0, 0.1) is 0 Å². The molecule has 0 aromatic heterocycles. The highest BCUT2D eigenvalue weighted by atomic mass is 19.1. The molecule has 13 heteroatoms. The Morgan fingerprint density at radius 1 is 0.879 bits per heavy atom. The summed E-state index contributed by atoms with van der Waals surface area (Å²) in [6, 6.07) is 6.07. The molecule has 0 radical (unpaired) electrons. The van der Waals surface area contributed by atoms with Gasteiger partial charge in [-0.2, -0.15) is 0 Å². The summed E-state index contributed by atoms with van der Waals surface area (Å²) in [6.07, 6.45) is 2.63. The third-order valence-corrected chi connectivity index (χ3v) is 4.61. The van der Waals surface area contributed by atoms with Crippen molar-refractivity contribution >= 4 is 38.3 Å². The Hall–Kier alpha value is -3.96. The summed E-state index contributed by atoms with van der Waals surface area (Å²) < 4.78 is 32.8. The minimum Gasteiger partial charge on any atom is -0.532 e. The van der Waals surface area contributed by atoms with E-state index in [9.17, 15) is 24.0 Å². The van der Waals surface area contributed by atoms with Gasteiger partial charge in [0.1, 0.15) is 39.9 Å². The summed E-state index contributed by atoms with van der Waals surface area (Å²) in [7, 11) is -0.224. The van der Waals surface area contributed by atoms with Crippen molar-refractivity contribution in [3.63, 3.8) is 0 Å². The molecule has 0 atom stereocenters. The second-order valence-corrected chi connectivity index (χ2v) is 6.60. The van der Waals surface area contributed by atoms with E-state index in [4.69, 9.17) is 29.0 Å². The number of carboxylic acid groups (broad SMARTS) is 2. The van der Waals surface area contributed by atoms with Crippen molar-refractivity contribution < 1.29 is 53.0 Å². The normalized spacial score (nSPS) is 13.3. The minimum absolute atomic E-state index is 0.0802. The van der Waals surface area contributed by atoms with Gasteiger partial charge in [-0.3, -0.25) is 0 Å². The smallest absolute Gasteiger partial charge is 0.532 e. The molecule has 2 aliphatic heterocycles. The molecule has 4 rings (SSSR count). The van der Waals surface area contributed by atoms with E-state index in [1.807, 2.05) is 0 Å². The summed E-state index contributed by atoms with van der Waals surface area (Å²) in [5.41, 5.74) is -0.357. The lowest BCUT2D eigenvalue weighted by Gasteiger charge is -2.19. The summed E-state index contributed by atoms with van der Waals surface area (Å²) in [6.45, 7) is 0. The largest absolute Gasteiger partial charge is 0.590 e. The van der Waals surface area contributed by atoms with E-state index >= 15 is 0 Å². The molecule has 0 bridgehead atoms. The van der Waals surface area contributed by atoms with Crippen LogP contribution < -0.4 is 18.8 Å². The van der Waals surface area contributed by atoms with Crippen LogP contribution in [0.3, 0.4) is 0 Å². The van der Waals surface area contributed by atoms with Crippen LogP contribution in [0.5, 0.6) is 23.0 Å². The summed E-state index contributed by atoms with van der Waals surface area (Å²) in [5, 5.41) is 36.6. The first-order valence-electron chi connectivity index (χ1n) is 9.31. The van der Waals surface area contributed by atoms with Gasteiger partial charge in [-0.05, 0) is 36.3 Å². The lowest BCUT2D eigenvalue weighted by Crippen LogP contribution is -2.27. The fraction of sp³-hybridized carbons (Fsp3) is 0.100. The lowest BCUT2D eigenvalue weighted by atomic mass is 9.83. The number of hydrogen-bond acceptors (Lipinski definition) is 8. The molecular formula is C20H17B2FO10. The lowest BCUT2D eigenvalue weighted by molar-refractivity contribution is 0.0679. The minimum atomic E-state index is -1.78. The maximum Gasteiger partial charge on any atom is 0.590 e. The van der Waals surface area contributed by atoms with Crippen LogP contribution in [-0.4, -0.2) is 60.7 Å². The monoisotopic (exact) mass is 458 g/mol. The maximum absolute atomic E-state index is 13.1. The first kappa shape index (κ1) is 23.7. The molecule has 4 N–H and O–H groups in total. The van der Waals surface area contributed by atoms with E-state index in [2.05, 4.69) is 0 Å². The zero-order valence-electron chi connectivity index (χ0n) is 17.3. The standard InChI is InChI=1S/C10H8BFO5.C10H9BO5/c1-16-6-3-2-5-4-7(12)11(15)17-9(5)8(6)10(13)14;1-15-7-3-2-6-4-5-11(14)16-9(6)8(7)10(12)13/h2-4,15H,1H3,(H,13,14);2-5,14H,1H3,(H,12,13). The van der Waals surface area contributed by atoms with E-state index in [1.54, 1.807) is 18.2 Å². The molecule has 0 amide bonds. The highest BCUT2D eigenvalue weighted by Gasteiger charge is 2.32. The van der Waals surface area contributed by atoms with E-state index in [0.29, 0.717) is 5.56 Å². The van der Waals surface area contributed by atoms with E-state index in [0.717, 1.165) is 6.08 Å². The Labute approximate surface area is 187 Å². The van der Waals surface area contributed by atoms with Gasteiger partial charge in [0.25, 0.3) is 0 Å². The number of aromatic carboxylic acids is 2. The predicted octanol–water partition coefficient (Wildman–Crippen LogP) is 1.93. The quantitative estimate of drug-likeness (QED) is 0.501. The Bertz CT molecular complexity index is 1160. The van der Waals surface area contributed by atoms with E-state index in [-0.39, 0.29) is 39.7 Å². The molecule has 2 aromatic carbocycles. The fourth-order valence-corrected chi connectivity index (χ4v) is 3.14. The summed E-state index contributed by atoms with van der Waals surface area (Å²) >= 11 is 0. The third-order valence-electron chi connectivity index (χ3n) is 4.61. The van der Waals surface area contributed by atoms with Crippen molar-refractivity contribution in [2.75, 3.05) is 14.2 Å². The summed E-state index contributed by atoms with van der Waals surface area (Å²) in [4.78, 5) is 22.2. The van der Waals surface area contributed by atoms with Gasteiger partial charge in [0, 0.05) is 11.1 Å². The van der Waals surface area contributed by atoms with Gasteiger partial charge < -0.3 is 39.0 Å². The molecule has 2 aromatic rings. The second kappa shape index (κ2) is 9.67. The number of carbonyl (C=O) groups is 2. The van der Waals surface area contributed by atoms with Crippen molar-refractivity contribution in [2.24, 2.45) is 0 Å². The third kappa shape index (κ3) is 4.78. The molecule has 0 unspecified atom stereocenters. The van der Waals surface area contributed by atoms with Crippen LogP contribution in [0.2, 0.25) is 0 Å². The number of fused-ring (bicyclic) bond motifs is 2. The number of carboxylic acids is 2. The molecule has 0 fully saturated rings. The van der Waals surface area contributed by atoms with Crippen LogP contribution in [0.25, 0.3) is 12.2 Å². The number of benzene rings is 2. The highest BCUT2D eigenvalue weighted by molar-refractivity contribution is 6.54. The Kier molecular flexibility index (Phi) is 6.95. The van der Waals surface area contributed by atoms with Gasteiger partial charge in [-0.15, -0.1) is 0 Å². The molecule has 170 valence electrons. The molecule has 2 aliphatic rings. The number of hydrogen-bond donors (Lipinski definition) is 4. The highest BCUT2D eigenvalue weighted by Crippen LogP contribution is 2.37. The number of methoxy groups -OCH3 is 2. The summed E-state index contributed by atoms with van der Waals surface area (Å²) in [5.74, 6) is -0.696. The second-order valence-electron chi connectivity index (χ2n) is 6.60. The molecule has 2 heterocycles. The molecular weight excluding hydrogens is 441 g/mol. The number of halogens is 1. The molecule has 0 spiro atoms. The molecule has 0 aliphatic carbocycles. The van der Waals surface area contributed by atoms with Gasteiger partial charge in [0.2, 0.25) is 0 Å². The van der Waals surface area contributed by atoms with Gasteiger partial charge in [0.05, 0.1) is 14.2 Å². The van der Waals surface area contributed by atoms with Gasteiger partial charge in [0.15, 0.2) is 0 Å². The molecule has 10 nitrogen and oxygen atoms in total.